The van der Waals surface area contributed by atoms with E-state index < -0.39 is 6.04 Å². The Hall–Kier alpha value is -1.49. The minimum atomic E-state index is -0.438. The number of carbonyl (C=O) groups is 2. The molecular formula is C16H22N2O2S. The highest BCUT2D eigenvalue weighted by atomic mass is 32.2. The molecule has 5 heteroatoms. The van der Waals surface area contributed by atoms with E-state index in [-0.39, 0.29) is 11.8 Å². The van der Waals surface area contributed by atoms with E-state index in [0.29, 0.717) is 24.4 Å². The van der Waals surface area contributed by atoms with Gasteiger partial charge in [-0.3, -0.25) is 9.59 Å². The lowest BCUT2D eigenvalue weighted by Crippen LogP contribution is -2.47. The van der Waals surface area contributed by atoms with Crippen molar-refractivity contribution in [2.45, 2.75) is 26.3 Å². The average molecular weight is 306 g/mol. The number of rotatable bonds is 5. The maximum atomic E-state index is 12.8. The van der Waals surface area contributed by atoms with Crippen LogP contribution in [0.3, 0.4) is 0 Å². The lowest BCUT2D eigenvalue weighted by molar-refractivity contribution is -0.120. The van der Waals surface area contributed by atoms with Gasteiger partial charge in [0.25, 0.3) is 5.91 Å². The largest absolute Gasteiger partial charge is 0.340 e. The molecule has 2 rings (SSSR count). The molecule has 1 atom stereocenters. The molecule has 1 N–H and O–H groups in total. The molecule has 1 aliphatic rings. The van der Waals surface area contributed by atoms with Gasteiger partial charge in [-0.05, 0) is 30.7 Å². The number of fused-ring (bicyclic) bond motifs is 1. The summed E-state index contributed by atoms with van der Waals surface area (Å²) < 4.78 is 0. The molecule has 1 unspecified atom stereocenters. The lowest BCUT2D eigenvalue weighted by atomic mass is 10.0. The third kappa shape index (κ3) is 3.59. The fourth-order valence-electron chi connectivity index (χ4n) is 2.55. The summed E-state index contributed by atoms with van der Waals surface area (Å²) >= 11 is 1.70. The van der Waals surface area contributed by atoms with Gasteiger partial charge in [0, 0.05) is 12.3 Å². The van der Waals surface area contributed by atoms with Crippen LogP contribution in [0.15, 0.2) is 24.3 Å². The van der Waals surface area contributed by atoms with Crippen molar-refractivity contribution in [3.63, 3.8) is 0 Å². The van der Waals surface area contributed by atoms with E-state index in [0.717, 1.165) is 11.4 Å². The third-order valence-corrected chi connectivity index (χ3v) is 4.13. The van der Waals surface area contributed by atoms with Gasteiger partial charge in [0.1, 0.15) is 6.04 Å². The zero-order chi connectivity index (χ0) is 15.4. The summed E-state index contributed by atoms with van der Waals surface area (Å²) in [4.78, 5) is 26.9. The molecule has 1 aromatic carbocycles. The van der Waals surface area contributed by atoms with Gasteiger partial charge in [0.05, 0.1) is 11.3 Å². The van der Waals surface area contributed by atoms with Crippen molar-refractivity contribution in [3.8, 4) is 0 Å². The Bertz CT molecular complexity index is 531. The Morgan fingerprint density at radius 1 is 1.29 bits per heavy atom. The van der Waals surface area contributed by atoms with Crippen LogP contribution in [0.25, 0.3) is 0 Å². The minimum absolute atomic E-state index is 0.00366. The topological polar surface area (TPSA) is 49.4 Å². The number of nitrogens with zero attached hydrogens (tertiary/aromatic N) is 1. The zero-order valence-corrected chi connectivity index (χ0v) is 13.6. The second-order valence-corrected chi connectivity index (χ2v) is 6.64. The van der Waals surface area contributed by atoms with Crippen LogP contribution >= 0.6 is 11.8 Å². The van der Waals surface area contributed by atoms with Crippen molar-refractivity contribution in [1.29, 1.82) is 0 Å². The second kappa shape index (κ2) is 6.98. The van der Waals surface area contributed by atoms with Crippen LogP contribution in [-0.2, 0) is 4.79 Å². The predicted molar refractivity (Wildman–Crippen MR) is 87.9 cm³/mol. The number of benzene rings is 1. The minimum Gasteiger partial charge on any atom is -0.340 e. The third-order valence-electron chi connectivity index (χ3n) is 3.54. The molecule has 4 nitrogen and oxygen atoms in total. The van der Waals surface area contributed by atoms with Crippen LogP contribution in [-0.4, -0.2) is 36.4 Å². The van der Waals surface area contributed by atoms with Crippen LogP contribution in [0.1, 0.15) is 30.6 Å². The van der Waals surface area contributed by atoms with Crippen LogP contribution in [0.5, 0.6) is 0 Å². The molecule has 2 amide bonds. The highest BCUT2D eigenvalue weighted by Crippen LogP contribution is 2.25. The molecule has 1 aromatic rings. The molecule has 0 saturated carbocycles. The molecule has 0 bridgehead atoms. The second-order valence-electron chi connectivity index (χ2n) is 5.66. The summed E-state index contributed by atoms with van der Waals surface area (Å²) in [7, 11) is 0. The Labute approximate surface area is 130 Å². The number of hydrogen-bond acceptors (Lipinski definition) is 3. The van der Waals surface area contributed by atoms with E-state index in [1.54, 1.807) is 22.7 Å². The molecule has 0 aliphatic carbocycles. The van der Waals surface area contributed by atoms with Gasteiger partial charge < -0.3 is 10.2 Å². The first-order valence-electron chi connectivity index (χ1n) is 7.24. The highest BCUT2D eigenvalue weighted by Gasteiger charge is 2.33. The summed E-state index contributed by atoms with van der Waals surface area (Å²) in [5, 5.41) is 2.89. The predicted octanol–water partition coefficient (Wildman–Crippen LogP) is 2.54. The van der Waals surface area contributed by atoms with Gasteiger partial charge in [0.2, 0.25) is 5.91 Å². The zero-order valence-electron chi connectivity index (χ0n) is 12.8. The van der Waals surface area contributed by atoms with E-state index in [1.165, 1.54) is 0 Å². The normalized spacial score (nSPS) is 18.5. The van der Waals surface area contributed by atoms with Crippen molar-refractivity contribution >= 4 is 29.3 Å². The van der Waals surface area contributed by atoms with Crippen LogP contribution < -0.4 is 10.2 Å². The fraction of sp³-hybridized carbons (Fsp3) is 0.500. The van der Waals surface area contributed by atoms with Crippen LogP contribution in [0, 0.1) is 5.92 Å². The van der Waals surface area contributed by atoms with Crippen molar-refractivity contribution in [2.75, 3.05) is 23.5 Å². The molecule has 1 heterocycles. The van der Waals surface area contributed by atoms with Crippen LogP contribution in [0.4, 0.5) is 5.69 Å². The summed E-state index contributed by atoms with van der Waals surface area (Å²) in [5.41, 5.74) is 1.30. The van der Waals surface area contributed by atoms with E-state index in [4.69, 9.17) is 0 Å². The molecular weight excluding hydrogens is 284 g/mol. The maximum absolute atomic E-state index is 12.8. The summed E-state index contributed by atoms with van der Waals surface area (Å²) in [6.45, 7) is 4.74. The number of hydrogen-bond donors (Lipinski definition) is 1. The number of nitrogens with one attached hydrogen (secondary N) is 1. The van der Waals surface area contributed by atoms with E-state index in [1.807, 2.05) is 24.5 Å². The molecule has 21 heavy (non-hydrogen) atoms. The lowest BCUT2D eigenvalue weighted by Gasteiger charge is -2.25. The van der Waals surface area contributed by atoms with Gasteiger partial charge in [0.15, 0.2) is 0 Å². The molecule has 0 radical (unpaired) electrons. The van der Waals surface area contributed by atoms with E-state index in [9.17, 15) is 9.59 Å². The SMILES string of the molecule is CSCCN1C(=O)C(CC(C)C)NC(=O)c2ccccc21. The van der Waals surface area contributed by atoms with Crippen molar-refractivity contribution < 1.29 is 9.59 Å². The number of thioether (sulfide) groups is 1. The number of para-hydroxylation sites is 1. The number of amides is 2. The molecule has 0 saturated heterocycles. The molecule has 1 aliphatic heterocycles. The molecule has 0 fully saturated rings. The van der Waals surface area contributed by atoms with Crippen LogP contribution in [0.2, 0.25) is 0 Å². The molecule has 0 aromatic heterocycles. The summed E-state index contributed by atoms with van der Waals surface area (Å²) in [6, 6.07) is 6.89. The summed E-state index contributed by atoms with van der Waals surface area (Å²) in [5.74, 6) is 1.04. The van der Waals surface area contributed by atoms with Gasteiger partial charge in [-0.15, -0.1) is 0 Å². The first kappa shape index (κ1) is 15.9. The van der Waals surface area contributed by atoms with E-state index in [2.05, 4.69) is 19.2 Å². The first-order chi connectivity index (χ1) is 10.0. The number of anilines is 1. The standard InChI is InChI=1S/C16H22N2O2S/c1-11(2)10-13-16(20)18(8-9-21-3)14-7-5-4-6-12(14)15(19)17-13/h4-7,11,13H,8-10H2,1-3H3,(H,17,19). The van der Waals surface area contributed by atoms with E-state index >= 15 is 0 Å². The average Bonchev–Trinajstić information content (AvgIpc) is 2.54. The Kier molecular flexibility index (Phi) is 5.28. The van der Waals surface area contributed by atoms with Crippen molar-refractivity contribution in [1.82, 2.24) is 5.32 Å². The van der Waals surface area contributed by atoms with Gasteiger partial charge in [-0.1, -0.05) is 26.0 Å². The monoisotopic (exact) mass is 306 g/mol. The fourth-order valence-corrected chi connectivity index (χ4v) is 2.92. The maximum Gasteiger partial charge on any atom is 0.254 e. The molecule has 0 spiro atoms. The Morgan fingerprint density at radius 3 is 2.67 bits per heavy atom. The van der Waals surface area contributed by atoms with Crippen molar-refractivity contribution in [2.24, 2.45) is 5.92 Å². The Morgan fingerprint density at radius 2 is 2.00 bits per heavy atom. The number of carbonyl (C=O) groups excluding carboxylic acids is 2. The smallest absolute Gasteiger partial charge is 0.254 e. The summed E-state index contributed by atoms with van der Waals surface area (Å²) in [6.07, 6.45) is 2.68. The highest BCUT2D eigenvalue weighted by molar-refractivity contribution is 7.98. The van der Waals surface area contributed by atoms with Gasteiger partial charge >= 0.3 is 0 Å². The quantitative estimate of drug-likeness (QED) is 0.909. The van der Waals surface area contributed by atoms with Gasteiger partial charge in [-0.25, -0.2) is 0 Å². The Balaban J connectivity index is 2.38. The molecule has 114 valence electrons. The van der Waals surface area contributed by atoms with Gasteiger partial charge in [-0.2, -0.15) is 11.8 Å². The first-order valence-corrected chi connectivity index (χ1v) is 8.64. The van der Waals surface area contributed by atoms with Crippen molar-refractivity contribution in [3.05, 3.63) is 29.8 Å².